The van der Waals surface area contributed by atoms with Crippen LogP contribution in [0, 0.1) is 5.82 Å². The zero-order valence-electron chi connectivity index (χ0n) is 12.1. The Balaban J connectivity index is 1.59. The van der Waals surface area contributed by atoms with Gasteiger partial charge >= 0.3 is 0 Å². The van der Waals surface area contributed by atoms with Crippen molar-refractivity contribution < 1.29 is 9.13 Å². The fourth-order valence-corrected chi connectivity index (χ4v) is 3.28. The first-order valence-electron chi connectivity index (χ1n) is 6.89. The van der Waals surface area contributed by atoms with Gasteiger partial charge in [0.15, 0.2) is 5.82 Å². The molecule has 1 aromatic carbocycles. The van der Waals surface area contributed by atoms with Crippen LogP contribution in [0.5, 0.6) is 5.75 Å². The number of ether oxygens (including phenoxy) is 1. The summed E-state index contributed by atoms with van der Waals surface area (Å²) in [6.07, 6.45) is 3.46. The van der Waals surface area contributed by atoms with E-state index in [2.05, 4.69) is 36.2 Å². The van der Waals surface area contributed by atoms with Gasteiger partial charge in [0, 0.05) is 22.4 Å². The van der Waals surface area contributed by atoms with Gasteiger partial charge in [-0.15, -0.1) is 10.2 Å². The van der Waals surface area contributed by atoms with Gasteiger partial charge in [0.05, 0.1) is 0 Å². The number of aromatic nitrogens is 5. The minimum atomic E-state index is -0.306. The number of hydrogen-bond acceptors (Lipinski definition) is 6. The van der Waals surface area contributed by atoms with Crippen molar-refractivity contribution in [3.63, 3.8) is 0 Å². The van der Waals surface area contributed by atoms with Gasteiger partial charge < -0.3 is 4.74 Å². The molecule has 120 valence electrons. The third kappa shape index (κ3) is 3.00. The Morgan fingerprint density at radius 1 is 1.17 bits per heavy atom. The second kappa shape index (κ2) is 6.25. The van der Waals surface area contributed by atoms with Crippen LogP contribution < -0.4 is 4.74 Å². The summed E-state index contributed by atoms with van der Waals surface area (Å²) in [6.45, 7) is 0.187. The summed E-state index contributed by atoms with van der Waals surface area (Å²) >= 11 is 4.81. The summed E-state index contributed by atoms with van der Waals surface area (Å²) < 4.78 is 21.0. The van der Waals surface area contributed by atoms with Gasteiger partial charge in [0.2, 0.25) is 4.96 Å². The van der Waals surface area contributed by atoms with Crippen LogP contribution in [0.4, 0.5) is 4.39 Å². The van der Waals surface area contributed by atoms with Gasteiger partial charge in [-0.25, -0.2) is 4.39 Å². The van der Waals surface area contributed by atoms with E-state index in [0.29, 0.717) is 16.5 Å². The number of hydrogen-bond donors (Lipinski definition) is 0. The molecule has 0 saturated carbocycles. The van der Waals surface area contributed by atoms with Crippen molar-refractivity contribution >= 4 is 32.2 Å². The number of halogens is 2. The average Bonchev–Trinajstić information content (AvgIpc) is 3.15. The van der Waals surface area contributed by atoms with Crippen LogP contribution in [0.2, 0.25) is 0 Å². The molecule has 9 heteroatoms. The lowest BCUT2D eigenvalue weighted by atomic mass is 10.3. The fourth-order valence-electron chi connectivity index (χ4n) is 2.07. The van der Waals surface area contributed by atoms with Crippen molar-refractivity contribution in [3.8, 4) is 16.3 Å². The quantitative estimate of drug-likeness (QED) is 0.517. The van der Waals surface area contributed by atoms with E-state index in [4.69, 9.17) is 4.74 Å². The van der Waals surface area contributed by atoms with Crippen molar-refractivity contribution in [2.75, 3.05) is 0 Å². The first-order valence-corrected chi connectivity index (χ1v) is 8.50. The molecule has 24 heavy (non-hydrogen) atoms. The summed E-state index contributed by atoms with van der Waals surface area (Å²) in [5.41, 5.74) is 0.894. The highest BCUT2D eigenvalue weighted by Crippen LogP contribution is 2.26. The molecule has 0 fully saturated rings. The summed E-state index contributed by atoms with van der Waals surface area (Å²) in [7, 11) is 0. The summed E-state index contributed by atoms with van der Waals surface area (Å²) in [5, 5.41) is 13.5. The highest BCUT2D eigenvalue weighted by Gasteiger charge is 2.14. The van der Waals surface area contributed by atoms with E-state index >= 15 is 0 Å². The molecule has 3 heterocycles. The molecule has 0 N–H and O–H groups in total. The summed E-state index contributed by atoms with van der Waals surface area (Å²) in [5.74, 6) is 0.818. The van der Waals surface area contributed by atoms with Crippen molar-refractivity contribution in [1.29, 1.82) is 0 Å². The molecule has 0 aliphatic rings. The molecule has 0 aliphatic heterocycles. The predicted octanol–water partition coefficient (Wildman–Crippen LogP) is 3.73. The Morgan fingerprint density at radius 3 is 2.79 bits per heavy atom. The Kier molecular flexibility index (Phi) is 3.95. The van der Waals surface area contributed by atoms with Gasteiger partial charge in [-0.1, -0.05) is 11.3 Å². The molecule has 4 aromatic rings. The molecule has 0 radical (unpaired) electrons. The zero-order valence-corrected chi connectivity index (χ0v) is 14.5. The molecular formula is C15H9BrFN5OS. The van der Waals surface area contributed by atoms with E-state index in [0.717, 1.165) is 15.0 Å². The minimum absolute atomic E-state index is 0.187. The Hall–Kier alpha value is -2.39. The number of benzene rings is 1. The highest BCUT2D eigenvalue weighted by molar-refractivity contribution is 9.10. The van der Waals surface area contributed by atoms with Gasteiger partial charge in [-0.3, -0.25) is 4.98 Å². The van der Waals surface area contributed by atoms with E-state index in [1.54, 1.807) is 29.0 Å². The van der Waals surface area contributed by atoms with E-state index in [1.165, 1.54) is 23.5 Å². The molecule has 0 unspecified atom stereocenters. The molecule has 0 atom stereocenters. The Bertz CT molecular complexity index is 1000. The lowest BCUT2D eigenvalue weighted by Gasteiger charge is -2.03. The third-order valence-corrected chi connectivity index (χ3v) is 4.57. The monoisotopic (exact) mass is 405 g/mol. The number of nitrogens with zero attached hydrogens (tertiary/aromatic N) is 5. The molecule has 0 aliphatic carbocycles. The largest absolute Gasteiger partial charge is 0.486 e. The van der Waals surface area contributed by atoms with E-state index in [9.17, 15) is 4.39 Å². The normalized spacial score (nSPS) is 11.1. The topological polar surface area (TPSA) is 65.2 Å². The smallest absolute Gasteiger partial charge is 0.235 e. The minimum Gasteiger partial charge on any atom is -0.486 e. The SMILES string of the molecule is Fc1ccc(OCc2nnc3sc(-c4cncc(Br)c4)nn23)cc1. The molecule has 0 bridgehead atoms. The standard InChI is InChI=1S/C15H9BrFN5OS/c16-10-5-9(6-18-7-10)14-21-22-13(19-20-15(22)24-14)8-23-12-3-1-11(17)2-4-12/h1-7H,8H2. The van der Waals surface area contributed by atoms with Gasteiger partial charge in [-0.05, 0) is 46.3 Å². The highest BCUT2D eigenvalue weighted by atomic mass is 79.9. The maximum atomic E-state index is 12.9. The maximum absolute atomic E-state index is 12.9. The summed E-state index contributed by atoms with van der Waals surface area (Å²) in [4.78, 5) is 4.81. The predicted molar refractivity (Wildman–Crippen MR) is 90.3 cm³/mol. The average molecular weight is 406 g/mol. The second-order valence-corrected chi connectivity index (χ2v) is 6.72. The zero-order chi connectivity index (χ0) is 16.5. The number of fused-ring (bicyclic) bond motifs is 1. The molecule has 3 aromatic heterocycles. The molecular weight excluding hydrogens is 397 g/mol. The summed E-state index contributed by atoms with van der Waals surface area (Å²) in [6, 6.07) is 7.75. The third-order valence-electron chi connectivity index (χ3n) is 3.19. The molecule has 6 nitrogen and oxygen atoms in total. The van der Waals surface area contributed by atoms with Crippen molar-refractivity contribution in [2.45, 2.75) is 6.61 Å². The van der Waals surface area contributed by atoms with Gasteiger partial charge in [0.1, 0.15) is 23.2 Å². The molecule has 0 saturated heterocycles. The lowest BCUT2D eigenvalue weighted by Crippen LogP contribution is -2.02. The van der Waals surface area contributed by atoms with Crippen LogP contribution in [-0.2, 0) is 6.61 Å². The van der Waals surface area contributed by atoms with Crippen molar-refractivity contribution in [3.05, 3.63) is 58.8 Å². The van der Waals surface area contributed by atoms with E-state index in [-0.39, 0.29) is 12.4 Å². The van der Waals surface area contributed by atoms with Crippen molar-refractivity contribution in [2.24, 2.45) is 0 Å². The first-order chi connectivity index (χ1) is 11.7. The first kappa shape index (κ1) is 15.2. The lowest BCUT2D eigenvalue weighted by molar-refractivity contribution is 0.292. The van der Waals surface area contributed by atoms with Crippen LogP contribution >= 0.6 is 27.3 Å². The molecule has 0 amide bonds. The van der Waals surface area contributed by atoms with Gasteiger partial charge in [-0.2, -0.15) is 9.61 Å². The molecule has 0 spiro atoms. The number of pyridine rings is 1. The fraction of sp³-hybridized carbons (Fsp3) is 0.0667. The van der Waals surface area contributed by atoms with Gasteiger partial charge in [0.25, 0.3) is 0 Å². The van der Waals surface area contributed by atoms with Crippen LogP contribution in [0.1, 0.15) is 5.82 Å². The van der Waals surface area contributed by atoms with Crippen molar-refractivity contribution in [1.82, 2.24) is 24.8 Å². The van der Waals surface area contributed by atoms with Crippen LogP contribution in [0.15, 0.2) is 47.2 Å². The Morgan fingerprint density at radius 2 is 2.00 bits per heavy atom. The molecule has 4 rings (SSSR count). The van der Waals surface area contributed by atoms with Crippen LogP contribution in [-0.4, -0.2) is 24.8 Å². The maximum Gasteiger partial charge on any atom is 0.235 e. The number of rotatable bonds is 4. The van der Waals surface area contributed by atoms with E-state index in [1.807, 2.05) is 6.07 Å². The van der Waals surface area contributed by atoms with Crippen LogP contribution in [0.25, 0.3) is 15.5 Å². The van der Waals surface area contributed by atoms with E-state index < -0.39 is 0 Å². The Labute approximate surface area is 148 Å². The second-order valence-electron chi connectivity index (χ2n) is 4.85. The van der Waals surface area contributed by atoms with Crippen LogP contribution in [0.3, 0.4) is 0 Å².